The number of carbonyl (C=O) groups is 1. The van der Waals surface area contributed by atoms with E-state index < -0.39 is 21.0 Å². The summed E-state index contributed by atoms with van der Waals surface area (Å²) in [6, 6.07) is 9.09. The summed E-state index contributed by atoms with van der Waals surface area (Å²) in [7, 11) is -3.47. The van der Waals surface area contributed by atoms with Gasteiger partial charge in [0.05, 0.1) is 0 Å². The summed E-state index contributed by atoms with van der Waals surface area (Å²) >= 11 is 0. The zero-order chi connectivity index (χ0) is 16.3. The maximum absolute atomic E-state index is 12.4. The van der Waals surface area contributed by atoms with Crippen LogP contribution in [0.5, 0.6) is 0 Å². The maximum Gasteiger partial charge on any atom is 0.238 e. The molecule has 0 aliphatic heterocycles. The number of nitrogens with one attached hydrogen (secondary N) is 1. The van der Waals surface area contributed by atoms with Gasteiger partial charge in [0.15, 0.2) is 9.84 Å². The van der Waals surface area contributed by atoms with E-state index in [-0.39, 0.29) is 17.9 Å². The Hall–Kier alpha value is -1.36. The van der Waals surface area contributed by atoms with E-state index in [9.17, 15) is 13.2 Å². The van der Waals surface area contributed by atoms with Gasteiger partial charge < -0.3 is 5.32 Å². The third-order valence-electron chi connectivity index (χ3n) is 3.73. The molecular formula is C16H25NO3S. The molecule has 1 aromatic rings. The monoisotopic (exact) mass is 311 g/mol. The third kappa shape index (κ3) is 5.50. The highest BCUT2D eigenvalue weighted by molar-refractivity contribution is 7.92. The Morgan fingerprint density at radius 1 is 1.19 bits per heavy atom. The molecule has 0 aromatic heterocycles. The van der Waals surface area contributed by atoms with E-state index in [1.165, 1.54) is 0 Å². The van der Waals surface area contributed by atoms with Crippen molar-refractivity contribution in [2.75, 3.05) is 6.26 Å². The summed E-state index contributed by atoms with van der Waals surface area (Å²) in [5, 5.41) is 1.78. The summed E-state index contributed by atoms with van der Waals surface area (Å²) in [6.07, 6.45) is 1.31. The van der Waals surface area contributed by atoms with Crippen LogP contribution in [0.3, 0.4) is 0 Å². The zero-order valence-corrected chi connectivity index (χ0v) is 14.2. The first-order chi connectivity index (χ1) is 9.51. The summed E-state index contributed by atoms with van der Waals surface area (Å²) < 4.78 is 23.9. The van der Waals surface area contributed by atoms with Gasteiger partial charge in [-0.2, -0.15) is 0 Å². The number of rotatable bonds is 5. The predicted octanol–water partition coefficient (Wildman–Crippen LogP) is 2.19. The molecule has 0 saturated carbocycles. The van der Waals surface area contributed by atoms with Crippen molar-refractivity contribution in [3.63, 3.8) is 0 Å². The maximum atomic E-state index is 12.4. The van der Waals surface area contributed by atoms with E-state index in [0.29, 0.717) is 0 Å². The highest BCUT2D eigenvalue weighted by atomic mass is 32.2. The van der Waals surface area contributed by atoms with E-state index in [1.54, 1.807) is 0 Å². The summed E-state index contributed by atoms with van der Waals surface area (Å²) in [6.45, 7) is 7.90. The minimum atomic E-state index is -3.47. The summed E-state index contributed by atoms with van der Waals surface area (Å²) in [4.78, 5) is 12.4. The van der Waals surface area contributed by atoms with Gasteiger partial charge in [0.2, 0.25) is 5.91 Å². The number of sulfone groups is 1. The van der Waals surface area contributed by atoms with Crippen LogP contribution >= 0.6 is 0 Å². The molecule has 4 nitrogen and oxygen atoms in total. The fourth-order valence-electron chi connectivity index (χ4n) is 1.79. The third-order valence-corrected chi connectivity index (χ3v) is 5.15. The Morgan fingerprint density at radius 2 is 1.71 bits per heavy atom. The molecule has 0 aliphatic rings. The second-order valence-corrected chi connectivity index (χ2v) is 8.83. The van der Waals surface area contributed by atoms with Gasteiger partial charge in [-0.25, -0.2) is 8.42 Å². The minimum Gasteiger partial charge on any atom is -0.352 e. The van der Waals surface area contributed by atoms with Crippen LogP contribution in [0.2, 0.25) is 0 Å². The molecule has 0 fully saturated rings. The van der Waals surface area contributed by atoms with E-state index in [4.69, 9.17) is 0 Å². The lowest BCUT2D eigenvalue weighted by atomic mass is 9.88. The van der Waals surface area contributed by atoms with Crippen LogP contribution in [0, 0.1) is 5.41 Å². The average molecular weight is 311 g/mol. The first kappa shape index (κ1) is 17.7. The fourth-order valence-corrected chi connectivity index (χ4v) is 2.74. The van der Waals surface area contributed by atoms with Gasteiger partial charge in [-0.1, -0.05) is 51.1 Å². The van der Waals surface area contributed by atoms with E-state index in [0.717, 1.165) is 11.8 Å². The molecule has 0 heterocycles. The van der Waals surface area contributed by atoms with Gasteiger partial charge >= 0.3 is 0 Å². The molecule has 1 rings (SSSR count). The molecule has 1 amide bonds. The first-order valence-corrected chi connectivity index (χ1v) is 9.00. The largest absolute Gasteiger partial charge is 0.352 e. The number of hydrogen-bond acceptors (Lipinski definition) is 3. The van der Waals surface area contributed by atoms with E-state index >= 15 is 0 Å². The normalized spacial score (nSPS) is 15.3. The molecule has 2 atom stereocenters. The highest BCUT2D eigenvalue weighted by Gasteiger charge is 2.32. The summed E-state index contributed by atoms with van der Waals surface area (Å²) in [5.41, 5.74) is 0.719. The molecule has 0 radical (unpaired) electrons. The molecule has 0 aliphatic carbocycles. The molecule has 1 aromatic carbocycles. The molecular weight excluding hydrogens is 286 g/mol. The molecule has 0 spiro atoms. The Balaban J connectivity index is 2.92. The number of hydrogen-bond donors (Lipinski definition) is 1. The zero-order valence-electron chi connectivity index (χ0n) is 13.4. The second-order valence-electron chi connectivity index (χ2n) is 6.60. The lowest BCUT2D eigenvalue weighted by Gasteiger charge is -2.29. The molecule has 21 heavy (non-hydrogen) atoms. The Morgan fingerprint density at radius 3 is 2.14 bits per heavy atom. The lowest BCUT2D eigenvalue weighted by Crippen LogP contribution is -2.48. The standard InChI is InChI=1S/C16H25NO3S/c1-12(16(2,3)4)17-15(18)14(21(5,19)20)11-13-9-7-6-8-10-13/h6-10,12,14H,11H2,1-5H3,(H,17,18)/t12-,14+/m0/s1. The second kappa shape index (κ2) is 6.60. The van der Waals surface area contributed by atoms with Crippen LogP contribution in [0.4, 0.5) is 0 Å². The van der Waals surface area contributed by atoms with Crippen LogP contribution in [-0.2, 0) is 21.1 Å². The number of amides is 1. The van der Waals surface area contributed by atoms with Gasteiger partial charge in [-0.05, 0) is 24.3 Å². The number of carbonyl (C=O) groups excluding carboxylic acids is 1. The van der Waals surface area contributed by atoms with Gasteiger partial charge in [-0.3, -0.25) is 4.79 Å². The topological polar surface area (TPSA) is 63.2 Å². The van der Waals surface area contributed by atoms with E-state index in [2.05, 4.69) is 5.32 Å². The Kier molecular flexibility index (Phi) is 5.56. The van der Waals surface area contributed by atoms with Crippen molar-refractivity contribution >= 4 is 15.7 Å². The van der Waals surface area contributed by atoms with E-state index in [1.807, 2.05) is 58.0 Å². The van der Waals surface area contributed by atoms with Crippen molar-refractivity contribution in [3.8, 4) is 0 Å². The van der Waals surface area contributed by atoms with Gasteiger partial charge in [0, 0.05) is 12.3 Å². The Labute approximate surface area is 127 Å². The molecule has 1 N–H and O–H groups in total. The predicted molar refractivity (Wildman–Crippen MR) is 85.8 cm³/mol. The molecule has 118 valence electrons. The van der Waals surface area contributed by atoms with Crippen molar-refractivity contribution in [2.45, 2.75) is 45.4 Å². The SMILES string of the molecule is C[C@H](NC(=O)[C@@H](Cc1ccccc1)S(C)(=O)=O)C(C)(C)C. The highest BCUT2D eigenvalue weighted by Crippen LogP contribution is 2.19. The average Bonchev–Trinajstić information content (AvgIpc) is 2.34. The fraction of sp³-hybridized carbons (Fsp3) is 0.562. The number of benzene rings is 1. The van der Waals surface area contributed by atoms with Crippen LogP contribution in [0.15, 0.2) is 30.3 Å². The lowest BCUT2D eigenvalue weighted by molar-refractivity contribution is -0.122. The van der Waals surface area contributed by atoms with Crippen LogP contribution < -0.4 is 5.32 Å². The van der Waals surface area contributed by atoms with Crippen molar-refractivity contribution in [2.24, 2.45) is 5.41 Å². The first-order valence-electron chi connectivity index (χ1n) is 7.05. The van der Waals surface area contributed by atoms with Gasteiger partial charge in [-0.15, -0.1) is 0 Å². The van der Waals surface area contributed by atoms with Crippen molar-refractivity contribution in [1.29, 1.82) is 0 Å². The van der Waals surface area contributed by atoms with Crippen LogP contribution in [-0.4, -0.2) is 31.9 Å². The van der Waals surface area contributed by atoms with Crippen LogP contribution in [0.1, 0.15) is 33.3 Å². The molecule has 0 unspecified atom stereocenters. The van der Waals surface area contributed by atoms with Gasteiger partial charge in [0.25, 0.3) is 0 Å². The van der Waals surface area contributed by atoms with Crippen molar-refractivity contribution in [3.05, 3.63) is 35.9 Å². The molecule has 0 bridgehead atoms. The minimum absolute atomic E-state index is 0.106. The van der Waals surface area contributed by atoms with Crippen LogP contribution in [0.25, 0.3) is 0 Å². The molecule has 0 saturated heterocycles. The summed E-state index contributed by atoms with van der Waals surface area (Å²) in [5.74, 6) is -0.427. The smallest absolute Gasteiger partial charge is 0.238 e. The quantitative estimate of drug-likeness (QED) is 0.906. The van der Waals surface area contributed by atoms with Crippen molar-refractivity contribution < 1.29 is 13.2 Å². The molecule has 5 heteroatoms. The van der Waals surface area contributed by atoms with Gasteiger partial charge in [0.1, 0.15) is 5.25 Å². The van der Waals surface area contributed by atoms with Crippen molar-refractivity contribution in [1.82, 2.24) is 5.32 Å². The Bertz CT molecular complexity index is 573.